The van der Waals surface area contributed by atoms with Gasteiger partial charge in [0, 0.05) is 43.9 Å². The van der Waals surface area contributed by atoms with Crippen LogP contribution < -0.4 is 5.32 Å². The van der Waals surface area contributed by atoms with Crippen molar-refractivity contribution in [2.75, 3.05) is 31.6 Å². The Morgan fingerprint density at radius 2 is 1.92 bits per heavy atom. The molecule has 1 amide bonds. The molecule has 6 rings (SSSR count). The summed E-state index contributed by atoms with van der Waals surface area (Å²) in [7, 11) is 0. The third kappa shape index (κ3) is 4.91. The van der Waals surface area contributed by atoms with E-state index in [2.05, 4.69) is 35.4 Å². The third-order valence-electron chi connectivity index (χ3n) is 7.03. The van der Waals surface area contributed by atoms with Crippen molar-refractivity contribution in [2.24, 2.45) is 10.2 Å². The van der Waals surface area contributed by atoms with Crippen molar-refractivity contribution < 1.29 is 18.3 Å². The van der Waals surface area contributed by atoms with Crippen molar-refractivity contribution in [3.05, 3.63) is 42.6 Å². The van der Waals surface area contributed by atoms with Crippen molar-refractivity contribution in [3.8, 4) is 11.4 Å². The number of hydrogen-bond acceptors (Lipinski definition) is 10. The summed E-state index contributed by atoms with van der Waals surface area (Å²) >= 11 is 0. The first-order valence-corrected chi connectivity index (χ1v) is 12.4. The number of amides is 1. The number of anilines is 1. The highest BCUT2D eigenvalue weighted by Gasteiger charge is 2.30. The van der Waals surface area contributed by atoms with E-state index in [1.54, 1.807) is 18.6 Å². The number of rotatable bonds is 6. The minimum atomic E-state index is -0.924. The Morgan fingerprint density at radius 3 is 2.65 bits per heavy atom. The summed E-state index contributed by atoms with van der Waals surface area (Å²) in [4.78, 5) is 28.2. The second-order valence-corrected chi connectivity index (χ2v) is 9.26. The first kappa shape index (κ1) is 23.6. The highest BCUT2D eigenvalue weighted by molar-refractivity contribution is 6.05. The van der Waals surface area contributed by atoms with Gasteiger partial charge in [0.05, 0.1) is 31.1 Å². The fourth-order valence-corrected chi connectivity index (χ4v) is 5.08. The molecular weight excluding hydrogens is 481 g/mol. The van der Waals surface area contributed by atoms with Crippen LogP contribution in [0.3, 0.4) is 0 Å². The van der Waals surface area contributed by atoms with E-state index in [0.717, 1.165) is 52.0 Å². The number of carbonyl (C=O) groups is 1. The molecule has 12 nitrogen and oxygen atoms in total. The molecule has 2 aliphatic heterocycles. The summed E-state index contributed by atoms with van der Waals surface area (Å²) in [5.41, 5.74) is 1.55. The van der Waals surface area contributed by atoms with Crippen LogP contribution in [0.15, 0.2) is 45.7 Å². The molecule has 13 heteroatoms. The van der Waals surface area contributed by atoms with Gasteiger partial charge >= 0.3 is 0 Å². The largest absolute Gasteiger partial charge is 0.447 e. The first-order chi connectivity index (χ1) is 18.2. The van der Waals surface area contributed by atoms with Crippen molar-refractivity contribution in [2.45, 2.75) is 43.7 Å². The molecule has 37 heavy (non-hydrogen) atoms. The summed E-state index contributed by atoms with van der Waals surface area (Å²) in [6.07, 6.45) is 13.2. The topological polar surface area (TPSA) is 136 Å². The normalized spacial score (nSPS) is 24.2. The molecule has 3 aromatic rings. The predicted molar refractivity (Wildman–Crippen MR) is 131 cm³/mol. The summed E-state index contributed by atoms with van der Waals surface area (Å²) in [6, 6.07) is 0.774. The molecule has 2 fully saturated rings. The van der Waals surface area contributed by atoms with Crippen LogP contribution in [-0.2, 0) is 4.74 Å². The Hall–Kier alpha value is -3.84. The molecule has 0 spiro atoms. The number of oxazole rings is 1. The lowest BCUT2D eigenvalue weighted by Crippen LogP contribution is -2.45. The number of nitrogens with one attached hydrogen (secondary N) is 1. The van der Waals surface area contributed by atoms with E-state index in [1.807, 2.05) is 10.9 Å². The lowest BCUT2D eigenvalue weighted by atomic mass is 9.90. The number of aromatic nitrogens is 5. The quantitative estimate of drug-likeness (QED) is 0.538. The Kier molecular flexibility index (Phi) is 6.53. The summed E-state index contributed by atoms with van der Waals surface area (Å²) in [6.45, 7) is 3.57. The van der Waals surface area contributed by atoms with E-state index < -0.39 is 17.8 Å². The highest BCUT2D eigenvalue weighted by atomic mass is 19.1. The number of carbonyl (C=O) groups excluding carboxylic acids is 1. The molecule has 3 aliphatic rings. The molecular formula is C24H26FN9O3. The number of hydrogen-bond donors (Lipinski definition) is 1. The number of ether oxygens (including phenoxy) is 1. The monoisotopic (exact) mass is 507 g/mol. The zero-order chi connectivity index (χ0) is 25.2. The number of nitrogens with zero attached hydrogens (tertiary/aromatic N) is 8. The first-order valence-electron chi connectivity index (χ1n) is 12.4. The maximum Gasteiger partial charge on any atom is 0.277 e. The zero-order valence-electron chi connectivity index (χ0n) is 20.0. The van der Waals surface area contributed by atoms with E-state index in [1.165, 1.54) is 12.5 Å². The van der Waals surface area contributed by atoms with Gasteiger partial charge in [0.15, 0.2) is 5.69 Å². The minimum Gasteiger partial charge on any atom is -0.447 e. The molecule has 5 heterocycles. The van der Waals surface area contributed by atoms with Gasteiger partial charge in [-0.1, -0.05) is 0 Å². The Bertz CT molecular complexity index is 1310. The maximum atomic E-state index is 13.8. The van der Waals surface area contributed by atoms with Gasteiger partial charge in [-0.25, -0.2) is 4.98 Å². The van der Waals surface area contributed by atoms with Crippen LogP contribution >= 0.6 is 0 Å². The molecule has 1 atom stereocenters. The lowest BCUT2D eigenvalue weighted by Gasteiger charge is -2.38. The molecule has 1 saturated heterocycles. The van der Waals surface area contributed by atoms with Gasteiger partial charge in [-0.2, -0.15) is 14.6 Å². The second-order valence-electron chi connectivity index (χ2n) is 9.26. The van der Waals surface area contributed by atoms with Crippen LogP contribution in [0.4, 0.5) is 10.1 Å². The van der Waals surface area contributed by atoms with E-state index >= 15 is 0 Å². The predicted octanol–water partition coefficient (Wildman–Crippen LogP) is 2.85. The molecule has 1 N–H and O–H groups in total. The van der Waals surface area contributed by atoms with Crippen LogP contribution in [0.1, 0.15) is 54.0 Å². The van der Waals surface area contributed by atoms with Crippen LogP contribution in [-0.4, -0.2) is 80.1 Å². The van der Waals surface area contributed by atoms with Crippen molar-refractivity contribution in [1.82, 2.24) is 29.6 Å². The second kappa shape index (κ2) is 10.3. The SMILES string of the molecule is O=C(Nc1cn(C2CCC(N3CCOCC3)CC2)nc1-c1cnccn1)c1coc(C2C=NN=C2F)n1. The van der Waals surface area contributed by atoms with Gasteiger partial charge < -0.3 is 14.5 Å². The molecule has 1 saturated carbocycles. The average molecular weight is 508 g/mol. The molecule has 0 radical (unpaired) electrons. The van der Waals surface area contributed by atoms with Crippen LogP contribution in [0, 0.1) is 0 Å². The fourth-order valence-electron chi connectivity index (χ4n) is 5.08. The highest BCUT2D eigenvalue weighted by Crippen LogP contribution is 2.34. The van der Waals surface area contributed by atoms with Gasteiger partial charge in [-0.05, 0) is 25.7 Å². The number of morpholine rings is 1. The van der Waals surface area contributed by atoms with Crippen LogP contribution in [0.25, 0.3) is 11.4 Å². The lowest BCUT2D eigenvalue weighted by molar-refractivity contribution is 0.00507. The molecule has 192 valence electrons. The summed E-state index contributed by atoms with van der Waals surface area (Å²) in [5, 5.41) is 14.5. The zero-order valence-corrected chi connectivity index (χ0v) is 20.0. The average Bonchev–Trinajstić information content (AvgIpc) is 3.70. The summed E-state index contributed by atoms with van der Waals surface area (Å²) in [5.74, 6) is -2.16. The Balaban J connectivity index is 1.20. The summed E-state index contributed by atoms with van der Waals surface area (Å²) < 4.78 is 26.5. The van der Waals surface area contributed by atoms with E-state index in [9.17, 15) is 9.18 Å². The van der Waals surface area contributed by atoms with E-state index in [0.29, 0.717) is 23.1 Å². The van der Waals surface area contributed by atoms with Gasteiger partial charge in [-0.3, -0.25) is 24.3 Å². The minimum absolute atomic E-state index is 0.00645. The molecule has 1 unspecified atom stereocenters. The van der Waals surface area contributed by atoms with Gasteiger partial charge in [0.1, 0.15) is 23.6 Å². The van der Waals surface area contributed by atoms with Gasteiger partial charge in [-0.15, -0.1) is 5.10 Å². The fraction of sp³-hybridized carbons (Fsp3) is 0.458. The van der Waals surface area contributed by atoms with E-state index in [4.69, 9.17) is 14.3 Å². The Labute approximate surface area is 211 Å². The maximum absolute atomic E-state index is 13.8. The van der Waals surface area contributed by atoms with E-state index in [-0.39, 0.29) is 17.6 Å². The molecule has 1 aliphatic carbocycles. The standard InChI is InChI=1S/C24H26FN9O3/c25-22-17(11-28-31-22)24-30-20(14-37-24)23(35)29-19-13-34(32-21(19)18-12-26-5-6-27-18)16-3-1-15(2-4-16)33-7-9-36-10-8-33/h5-6,11-17H,1-4,7-10H2,(H,29,35). The third-order valence-corrected chi connectivity index (χ3v) is 7.03. The Morgan fingerprint density at radius 1 is 1.11 bits per heavy atom. The van der Waals surface area contributed by atoms with Crippen LogP contribution in [0.2, 0.25) is 0 Å². The van der Waals surface area contributed by atoms with Crippen molar-refractivity contribution in [1.29, 1.82) is 0 Å². The smallest absolute Gasteiger partial charge is 0.277 e. The van der Waals surface area contributed by atoms with Gasteiger partial charge in [0.2, 0.25) is 11.9 Å². The molecule has 0 bridgehead atoms. The number of halogens is 1. The van der Waals surface area contributed by atoms with Crippen molar-refractivity contribution in [3.63, 3.8) is 0 Å². The molecule has 0 aromatic carbocycles. The van der Waals surface area contributed by atoms with Crippen molar-refractivity contribution >= 4 is 23.8 Å². The molecule has 3 aromatic heterocycles. The van der Waals surface area contributed by atoms with Crippen LogP contribution in [0.5, 0.6) is 0 Å². The van der Waals surface area contributed by atoms with Gasteiger partial charge in [0.25, 0.3) is 5.91 Å².